The summed E-state index contributed by atoms with van der Waals surface area (Å²) < 4.78 is 5.50. The zero-order valence-electron chi connectivity index (χ0n) is 16.1. The van der Waals surface area contributed by atoms with Gasteiger partial charge in [0.05, 0.1) is 18.2 Å². The number of aromatic carboxylic acids is 1. The number of carbonyl (C=O) groups is 2. The lowest BCUT2D eigenvalue weighted by molar-refractivity contribution is 0.0696. The van der Waals surface area contributed by atoms with E-state index >= 15 is 0 Å². The number of carboxylic acids is 1. The summed E-state index contributed by atoms with van der Waals surface area (Å²) >= 11 is 0. The molecule has 0 spiro atoms. The van der Waals surface area contributed by atoms with Crippen LogP contribution in [-0.4, -0.2) is 35.5 Å². The Morgan fingerprint density at radius 3 is 2.00 bits per heavy atom. The summed E-state index contributed by atoms with van der Waals surface area (Å²) in [4.78, 5) is 23.4. The summed E-state index contributed by atoms with van der Waals surface area (Å²) in [6.07, 6.45) is -0.641. The highest BCUT2D eigenvalue weighted by atomic mass is 16.5. The Morgan fingerprint density at radius 2 is 1.47 bits per heavy atom. The Bertz CT molecular complexity index is 1030. The van der Waals surface area contributed by atoms with Gasteiger partial charge in [0, 0.05) is 5.92 Å². The van der Waals surface area contributed by atoms with Crippen molar-refractivity contribution in [2.24, 2.45) is 0 Å². The monoisotopic (exact) mass is 403 g/mol. The normalized spacial score (nSPS) is 13.2. The number of carbonyl (C=O) groups excluding carboxylic acids is 1. The van der Waals surface area contributed by atoms with Gasteiger partial charge in [-0.3, -0.25) is 0 Å². The second-order valence-electron chi connectivity index (χ2n) is 7.13. The Kier molecular flexibility index (Phi) is 5.50. The Labute approximate surface area is 173 Å². The minimum atomic E-state index is -1.04. The molecule has 1 aliphatic rings. The third-order valence-corrected chi connectivity index (χ3v) is 5.38. The molecule has 3 aromatic rings. The summed E-state index contributed by atoms with van der Waals surface area (Å²) in [5, 5.41) is 21.3. The lowest BCUT2D eigenvalue weighted by atomic mass is 9.98. The number of alkyl carbamates (subject to hydrolysis) is 1. The van der Waals surface area contributed by atoms with Crippen LogP contribution in [0.5, 0.6) is 0 Å². The van der Waals surface area contributed by atoms with Crippen LogP contribution in [0.1, 0.15) is 39.0 Å². The summed E-state index contributed by atoms with van der Waals surface area (Å²) in [7, 11) is 0. The maximum absolute atomic E-state index is 12.4. The van der Waals surface area contributed by atoms with Crippen LogP contribution in [0.2, 0.25) is 0 Å². The van der Waals surface area contributed by atoms with Crippen molar-refractivity contribution < 1.29 is 24.5 Å². The third kappa shape index (κ3) is 3.77. The highest BCUT2D eigenvalue weighted by Gasteiger charge is 2.29. The molecule has 1 amide bonds. The third-order valence-electron chi connectivity index (χ3n) is 5.38. The number of aliphatic hydroxyl groups is 1. The maximum Gasteiger partial charge on any atom is 0.407 e. The van der Waals surface area contributed by atoms with Gasteiger partial charge < -0.3 is 20.3 Å². The van der Waals surface area contributed by atoms with E-state index in [9.17, 15) is 14.7 Å². The Hall–Kier alpha value is -3.64. The van der Waals surface area contributed by atoms with Crippen LogP contribution in [0.15, 0.2) is 72.8 Å². The first-order valence-electron chi connectivity index (χ1n) is 9.64. The number of hydrogen-bond acceptors (Lipinski definition) is 4. The molecular weight excluding hydrogens is 382 g/mol. The summed E-state index contributed by atoms with van der Waals surface area (Å²) in [5.74, 6) is -1.09. The molecule has 1 atom stereocenters. The highest BCUT2D eigenvalue weighted by molar-refractivity contribution is 5.87. The second kappa shape index (κ2) is 8.39. The molecule has 0 bridgehead atoms. The van der Waals surface area contributed by atoms with Crippen molar-refractivity contribution in [3.63, 3.8) is 0 Å². The number of amides is 1. The largest absolute Gasteiger partial charge is 0.478 e. The number of benzene rings is 3. The van der Waals surface area contributed by atoms with E-state index in [0.717, 1.165) is 22.3 Å². The number of ether oxygens (including phenoxy) is 1. The van der Waals surface area contributed by atoms with E-state index < -0.39 is 18.1 Å². The Morgan fingerprint density at radius 1 is 0.900 bits per heavy atom. The first kappa shape index (κ1) is 19.7. The van der Waals surface area contributed by atoms with Gasteiger partial charge in [0.2, 0.25) is 0 Å². The van der Waals surface area contributed by atoms with Gasteiger partial charge >= 0.3 is 12.1 Å². The number of nitrogens with one attached hydrogen (secondary N) is 1. The van der Waals surface area contributed by atoms with Crippen LogP contribution >= 0.6 is 0 Å². The molecule has 0 heterocycles. The smallest absolute Gasteiger partial charge is 0.407 e. The molecule has 1 aliphatic carbocycles. The van der Waals surface area contributed by atoms with Crippen molar-refractivity contribution in [2.75, 3.05) is 13.2 Å². The van der Waals surface area contributed by atoms with Gasteiger partial charge in [0.15, 0.2) is 0 Å². The van der Waals surface area contributed by atoms with Crippen molar-refractivity contribution in [3.05, 3.63) is 95.1 Å². The fourth-order valence-electron chi connectivity index (χ4n) is 3.87. The molecule has 0 aromatic heterocycles. The van der Waals surface area contributed by atoms with Crippen molar-refractivity contribution in [1.82, 2.24) is 5.32 Å². The summed E-state index contributed by atoms with van der Waals surface area (Å²) in [6, 6.07) is 21.4. The predicted molar refractivity (Wildman–Crippen MR) is 111 cm³/mol. The molecule has 0 aliphatic heterocycles. The number of aliphatic hydroxyl groups excluding tert-OH is 1. The molecule has 6 heteroatoms. The lowest BCUT2D eigenvalue weighted by Gasteiger charge is -2.19. The van der Waals surface area contributed by atoms with Crippen LogP contribution in [0.3, 0.4) is 0 Å². The fourth-order valence-corrected chi connectivity index (χ4v) is 3.87. The highest BCUT2D eigenvalue weighted by Crippen LogP contribution is 2.44. The number of fused-ring (bicyclic) bond motifs is 3. The van der Waals surface area contributed by atoms with Gasteiger partial charge in [-0.25, -0.2) is 9.59 Å². The number of rotatable bonds is 6. The molecule has 0 saturated carbocycles. The van der Waals surface area contributed by atoms with Crippen LogP contribution in [0, 0.1) is 0 Å². The molecule has 3 N–H and O–H groups in total. The zero-order valence-corrected chi connectivity index (χ0v) is 16.1. The molecule has 1 unspecified atom stereocenters. The van der Waals surface area contributed by atoms with Gasteiger partial charge in [-0.2, -0.15) is 0 Å². The van der Waals surface area contributed by atoms with Gasteiger partial charge in [0.25, 0.3) is 0 Å². The van der Waals surface area contributed by atoms with E-state index in [2.05, 4.69) is 17.4 Å². The van der Waals surface area contributed by atoms with Crippen molar-refractivity contribution in [2.45, 2.75) is 12.0 Å². The van der Waals surface area contributed by atoms with E-state index in [0.29, 0.717) is 5.56 Å². The first-order valence-corrected chi connectivity index (χ1v) is 9.64. The first-order chi connectivity index (χ1) is 14.6. The van der Waals surface area contributed by atoms with Crippen LogP contribution in [-0.2, 0) is 4.74 Å². The van der Waals surface area contributed by atoms with Crippen LogP contribution in [0.25, 0.3) is 11.1 Å². The van der Waals surface area contributed by atoms with Crippen molar-refractivity contribution in [1.29, 1.82) is 0 Å². The number of hydrogen-bond donors (Lipinski definition) is 3. The molecule has 152 valence electrons. The second-order valence-corrected chi connectivity index (χ2v) is 7.13. The maximum atomic E-state index is 12.4. The quantitative estimate of drug-likeness (QED) is 0.579. The molecule has 0 saturated heterocycles. The number of carboxylic acid groups (broad SMARTS) is 1. The average molecular weight is 403 g/mol. The zero-order chi connectivity index (χ0) is 21.1. The molecule has 6 nitrogen and oxygen atoms in total. The molecule has 30 heavy (non-hydrogen) atoms. The molecular formula is C24H21NO5. The van der Waals surface area contributed by atoms with Gasteiger partial charge in [-0.05, 0) is 39.9 Å². The fraction of sp³-hybridized carbons (Fsp3) is 0.167. The van der Waals surface area contributed by atoms with Crippen molar-refractivity contribution in [3.8, 4) is 11.1 Å². The molecule has 0 fully saturated rings. The van der Waals surface area contributed by atoms with Gasteiger partial charge in [-0.1, -0.05) is 60.7 Å². The van der Waals surface area contributed by atoms with E-state index in [1.165, 1.54) is 12.1 Å². The summed E-state index contributed by atoms with van der Waals surface area (Å²) in [6.45, 7) is -0.160. The average Bonchev–Trinajstić information content (AvgIpc) is 3.10. The SMILES string of the molecule is O=C(NC(CO)c1ccc(C(=O)O)cc1)OCC1c2ccccc2-c2ccccc21. The Balaban J connectivity index is 1.44. The molecule has 0 radical (unpaired) electrons. The van der Waals surface area contributed by atoms with E-state index in [1.807, 2.05) is 36.4 Å². The summed E-state index contributed by atoms with van der Waals surface area (Å²) in [5.41, 5.74) is 5.26. The lowest BCUT2D eigenvalue weighted by Crippen LogP contribution is -2.32. The van der Waals surface area contributed by atoms with E-state index in [1.54, 1.807) is 12.1 Å². The molecule has 3 aromatic carbocycles. The van der Waals surface area contributed by atoms with Gasteiger partial charge in [-0.15, -0.1) is 0 Å². The standard InChI is InChI=1S/C24H21NO5/c26-13-22(15-9-11-16(12-10-15)23(27)28)25-24(29)30-14-21-19-7-3-1-5-17(19)18-6-2-4-8-20(18)21/h1-12,21-22,26H,13-14H2,(H,25,29)(H,27,28). The van der Waals surface area contributed by atoms with Crippen molar-refractivity contribution >= 4 is 12.1 Å². The van der Waals surface area contributed by atoms with E-state index in [4.69, 9.17) is 9.84 Å². The van der Waals surface area contributed by atoms with E-state index in [-0.39, 0.29) is 24.7 Å². The minimum absolute atomic E-state index is 0.0504. The topological polar surface area (TPSA) is 95.9 Å². The van der Waals surface area contributed by atoms with Crippen LogP contribution in [0.4, 0.5) is 4.79 Å². The van der Waals surface area contributed by atoms with Gasteiger partial charge in [0.1, 0.15) is 6.61 Å². The molecule has 4 rings (SSSR count). The minimum Gasteiger partial charge on any atom is -0.478 e. The van der Waals surface area contributed by atoms with Crippen LogP contribution < -0.4 is 5.32 Å². The predicted octanol–water partition coefficient (Wildman–Crippen LogP) is 3.96.